The molecule has 2 aromatic carbocycles. The predicted molar refractivity (Wildman–Crippen MR) is 115 cm³/mol. The number of methoxy groups -OCH3 is 2. The van der Waals surface area contributed by atoms with E-state index in [-0.39, 0.29) is 5.91 Å². The lowest BCUT2D eigenvalue weighted by atomic mass is 10.1. The molecule has 6 heteroatoms. The van der Waals surface area contributed by atoms with Gasteiger partial charge in [0.15, 0.2) is 5.17 Å². The molecule has 0 atom stereocenters. The van der Waals surface area contributed by atoms with Crippen LogP contribution in [-0.4, -0.2) is 43.3 Å². The number of carbonyl (C=O) groups is 1. The van der Waals surface area contributed by atoms with Crippen LogP contribution in [-0.2, 0) is 16.0 Å². The summed E-state index contributed by atoms with van der Waals surface area (Å²) < 4.78 is 10.4. The molecule has 28 heavy (non-hydrogen) atoms. The van der Waals surface area contributed by atoms with Crippen LogP contribution in [0.3, 0.4) is 0 Å². The summed E-state index contributed by atoms with van der Waals surface area (Å²) in [7, 11) is 3.25. The number of hydrogen-bond acceptors (Lipinski definition) is 5. The molecule has 1 aliphatic heterocycles. The standard InChI is InChI=1S/C22H24N2O3S/c1-4-16-5-7-17(8-6-16)15-20-21(25)24(13-14-26-2)22(28-20)23-18-9-11-19(27-3)12-10-18/h5-12,15H,4,13-14H2,1-3H3/b20-15-,23-22?. The predicted octanol–water partition coefficient (Wildman–Crippen LogP) is 4.51. The number of ether oxygens (including phenoxy) is 2. The van der Waals surface area contributed by atoms with Gasteiger partial charge in [-0.25, -0.2) is 4.99 Å². The molecule has 146 valence electrons. The molecule has 0 aliphatic carbocycles. The number of rotatable bonds is 7. The fourth-order valence-electron chi connectivity index (χ4n) is 2.74. The Morgan fingerprint density at radius 1 is 1.07 bits per heavy atom. The summed E-state index contributed by atoms with van der Waals surface area (Å²) in [5.41, 5.74) is 3.05. The third-order valence-corrected chi connectivity index (χ3v) is 5.40. The van der Waals surface area contributed by atoms with Crippen LogP contribution in [0.1, 0.15) is 18.1 Å². The Hall–Kier alpha value is -2.57. The van der Waals surface area contributed by atoms with Crippen LogP contribution in [0, 0.1) is 0 Å². The molecule has 0 unspecified atom stereocenters. The summed E-state index contributed by atoms with van der Waals surface area (Å²) >= 11 is 1.39. The molecule has 1 heterocycles. The van der Waals surface area contributed by atoms with Crippen molar-refractivity contribution >= 4 is 34.6 Å². The summed E-state index contributed by atoms with van der Waals surface area (Å²) in [6, 6.07) is 15.7. The molecule has 0 saturated carbocycles. The van der Waals surface area contributed by atoms with Crippen molar-refractivity contribution in [2.75, 3.05) is 27.4 Å². The number of nitrogens with zero attached hydrogens (tertiary/aromatic N) is 2. The summed E-state index contributed by atoms with van der Waals surface area (Å²) in [5, 5.41) is 0.656. The van der Waals surface area contributed by atoms with Crippen molar-refractivity contribution in [3.05, 3.63) is 64.6 Å². The van der Waals surface area contributed by atoms with Crippen LogP contribution in [0.2, 0.25) is 0 Å². The Labute approximate surface area is 170 Å². The summed E-state index contributed by atoms with van der Waals surface area (Å²) in [6.07, 6.45) is 2.91. The highest BCUT2D eigenvalue weighted by Gasteiger charge is 2.33. The van der Waals surface area contributed by atoms with E-state index >= 15 is 0 Å². The van der Waals surface area contributed by atoms with E-state index in [0.29, 0.717) is 23.2 Å². The van der Waals surface area contributed by atoms with Gasteiger partial charge in [0.1, 0.15) is 5.75 Å². The van der Waals surface area contributed by atoms with Crippen molar-refractivity contribution in [2.45, 2.75) is 13.3 Å². The SMILES string of the molecule is CCc1ccc(/C=C2\SC(=Nc3ccc(OC)cc3)N(CCOC)C2=O)cc1. The van der Waals surface area contributed by atoms with E-state index < -0.39 is 0 Å². The molecule has 1 fully saturated rings. The van der Waals surface area contributed by atoms with Crippen molar-refractivity contribution < 1.29 is 14.3 Å². The second kappa shape index (κ2) is 9.57. The lowest BCUT2D eigenvalue weighted by Gasteiger charge is -2.14. The molecule has 3 rings (SSSR count). The van der Waals surface area contributed by atoms with E-state index in [1.807, 2.05) is 42.5 Å². The second-order valence-corrected chi connectivity index (χ2v) is 7.26. The van der Waals surface area contributed by atoms with E-state index in [4.69, 9.17) is 9.47 Å². The molecule has 0 radical (unpaired) electrons. The number of benzene rings is 2. The number of hydrogen-bond donors (Lipinski definition) is 0. The quantitative estimate of drug-likeness (QED) is 0.646. The highest BCUT2D eigenvalue weighted by Crippen LogP contribution is 2.34. The maximum atomic E-state index is 12.9. The van der Waals surface area contributed by atoms with E-state index in [1.54, 1.807) is 19.1 Å². The third-order valence-electron chi connectivity index (χ3n) is 4.39. The molecule has 0 spiro atoms. The van der Waals surface area contributed by atoms with Gasteiger partial charge >= 0.3 is 0 Å². The molecule has 5 nitrogen and oxygen atoms in total. The van der Waals surface area contributed by atoms with E-state index in [0.717, 1.165) is 23.4 Å². The zero-order valence-corrected chi connectivity index (χ0v) is 17.2. The first kappa shape index (κ1) is 20.2. The van der Waals surface area contributed by atoms with Gasteiger partial charge in [0.2, 0.25) is 0 Å². The van der Waals surface area contributed by atoms with Gasteiger partial charge in [-0.05, 0) is 59.7 Å². The van der Waals surface area contributed by atoms with Gasteiger partial charge in [-0.3, -0.25) is 9.69 Å². The first-order valence-electron chi connectivity index (χ1n) is 9.16. The maximum Gasteiger partial charge on any atom is 0.266 e. The fourth-order valence-corrected chi connectivity index (χ4v) is 3.76. The molecule has 0 N–H and O–H groups in total. The van der Waals surface area contributed by atoms with Gasteiger partial charge in [0.05, 0.1) is 30.9 Å². The van der Waals surface area contributed by atoms with Crippen molar-refractivity contribution in [1.29, 1.82) is 0 Å². The number of aryl methyl sites for hydroxylation is 1. The van der Waals surface area contributed by atoms with Gasteiger partial charge < -0.3 is 9.47 Å². The van der Waals surface area contributed by atoms with E-state index in [2.05, 4.69) is 24.0 Å². The highest BCUT2D eigenvalue weighted by molar-refractivity contribution is 8.18. The number of carbonyl (C=O) groups excluding carboxylic acids is 1. The van der Waals surface area contributed by atoms with E-state index in [9.17, 15) is 4.79 Å². The van der Waals surface area contributed by atoms with Crippen molar-refractivity contribution in [1.82, 2.24) is 4.90 Å². The van der Waals surface area contributed by atoms with Crippen LogP contribution < -0.4 is 4.74 Å². The number of aliphatic imine (C=N–C) groups is 1. The van der Waals surface area contributed by atoms with E-state index in [1.165, 1.54) is 17.3 Å². The first-order valence-corrected chi connectivity index (χ1v) is 9.98. The zero-order chi connectivity index (χ0) is 19.9. The molecular weight excluding hydrogens is 372 g/mol. The highest BCUT2D eigenvalue weighted by atomic mass is 32.2. The van der Waals surface area contributed by atoms with Crippen LogP contribution >= 0.6 is 11.8 Å². The van der Waals surface area contributed by atoms with Gasteiger partial charge in [0.25, 0.3) is 5.91 Å². The summed E-state index contributed by atoms with van der Waals surface area (Å²) in [5.74, 6) is 0.723. The summed E-state index contributed by atoms with van der Waals surface area (Å²) in [6.45, 7) is 3.04. The Balaban J connectivity index is 1.88. The maximum absolute atomic E-state index is 12.9. The van der Waals surface area contributed by atoms with Crippen LogP contribution in [0.4, 0.5) is 5.69 Å². The largest absolute Gasteiger partial charge is 0.497 e. The molecule has 0 aromatic heterocycles. The van der Waals surface area contributed by atoms with Crippen LogP contribution in [0.25, 0.3) is 6.08 Å². The Bertz CT molecular complexity index is 874. The van der Waals surface area contributed by atoms with Crippen LogP contribution in [0.5, 0.6) is 5.75 Å². The number of amidine groups is 1. The van der Waals surface area contributed by atoms with Crippen LogP contribution in [0.15, 0.2) is 58.4 Å². The Morgan fingerprint density at radius 2 is 1.79 bits per heavy atom. The first-order chi connectivity index (χ1) is 13.6. The fraction of sp³-hybridized carbons (Fsp3) is 0.273. The minimum Gasteiger partial charge on any atom is -0.497 e. The Kier molecular flexibility index (Phi) is 6.90. The zero-order valence-electron chi connectivity index (χ0n) is 16.3. The molecule has 1 aliphatic rings. The molecule has 1 amide bonds. The second-order valence-electron chi connectivity index (χ2n) is 6.25. The van der Waals surface area contributed by atoms with Gasteiger partial charge in [0, 0.05) is 7.11 Å². The normalized spacial score (nSPS) is 17.0. The lowest BCUT2D eigenvalue weighted by molar-refractivity contribution is -0.122. The smallest absolute Gasteiger partial charge is 0.266 e. The van der Waals surface area contributed by atoms with Crippen molar-refractivity contribution in [2.24, 2.45) is 4.99 Å². The average Bonchev–Trinajstić information content (AvgIpc) is 3.01. The summed E-state index contributed by atoms with van der Waals surface area (Å²) in [4.78, 5) is 19.9. The third kappa shape index (κ3) is 4.82. The number of thioether (sulfide) groups is 1. The molecule has 2 aromatic rings. The minimum atomic E-state index is -0.0473. The minimum absolute atomic E-state index is 0.0473. The molecular formula is C22H24N2O3S. The average molecular weight is 397 g/mol. The van der Waals surface area contributed by atoms with Gasteiger partial charge in [-0.2, -0.15) is 0 Å². The molecule has 0 bridgehead atoms. The topological polar surface area (TPSA) is 51.1 Å². The van der Waals surface area contributed by atoms with Gasteiger partial charge in [-0.1, -0.05) is 31.2 Å². The lowest BCUT2D eigenvalue weighted by Crippen LogP contribution is -2.32. The van der Waals surface area contributed by atoms with Gasteiger partial charge in [-0.15, -0.1) is 0 Å². The Morgan fingerprint density at radius 3 is 2.39 bits per heavy atom. The monoisotopic (exact) mass is 396 g/mol. The number of amides is 1. The van der Waals surface area contributed by atoms with Crippen molar-refractivity contribution in [3.63, 3.8) is 0 Å². The molecule has 1 saturated heterocycles. The van der Waals surface area contributed by atoms with Crippen molar-refractivity contribution in [3.8, 4) is 5.75 Å².